The van der Waals surface area contributed by atoms with Gasteiger partial charge >= 0.3 is 0 Å². The van der Waals surface area contributed by atoms with Crippen molar-refractivity contribution in [1.29, 1.82) is 0 Å². The minimum Gasteiger partial charge on any atom is -0.380 e. The molecule has 0 aliphatic rings. The third-order valence-electron chi connectivity index (χ3n) is 2.50. The molecule has 1 atom stereocenters. The van der Waals surface area contributed by atoms with E-state index < -0.39 is 6.10 Å². The third-order valence-corrected chi connectivity index (χ3v) is 2.50. The lowest BCUT2D eigenvalue weighted by Gasteiger charge is -2.05. The van der Waals surface area contributed by atoms with Gasteiger partial charge in [-0.1, -0.05) is 31.8 Å². The van der Waals surface area contributed by atoms with Gasteiger partial charge in [-0.05, 0) is 43.0 Å². The Morgan fingerprint density at radius 2 is 1.80 bits per heavy atom. The highest BCUT2D eigenvalue weighted by Gasteiger charge is 2.03. The Morgan fingerprint density at radius 3 is 2.33 bits per heavy atom. The van der Waals surface area contributed by atoms with Crippen LogP contribution in [0.5, 0.6) is 0 Å². The molecule has 0 radical (unpaired) electrons. The van der Waals surface area contributed by atoms with E-state index in [4.69, 9.17) is 0 Å². The zero-order chi connectivity index (χ0) is 11.4. The molecule has 0 bridgehead atoms. The molecular weight excluding hydrogens is 184 g/mol. The van der Waals surface area contributed by atoms with Crippen molar-refractivity contribution in [3.8, 4) is 11.8 Å². The molecule has 1 rings (SSSR count). The Morgan fingerprint density at radius 1 is 1.13 bits per heavy atom. The van der Waals surface area contributed by atoms with Crippen LogP contribution in [-0.4, -0.2) is 11.2 Å². The first-order valence-corrected chi connectivity index (χ1v) is 5.27. The fourth-order valence-corrected chi connectivity index (χ4v) is 1.14. The number of benzene rings is 1. The minimum absolute atomic E-state index is 0.184. The summed E-state index contributed by atoms with van der Waals surface area (Å²) in [5, 5.41) is 9.54. The van der Waals surface area contributed by atoms with E-state index in [2.05, 4.69) is 37.8 Å². The SMILES string of the molecule is Cc1ccc(C#CC(O)C(C)C)cc1C. The van der Waals surface area contributed by atoms with Crippen molar-refractivity contribution in [3.63, 3.8) is 0 Å². The average Bonchev–Trinajstić information content (AvgIpc) is 2.19. The van der Waals surface area contributed by atoms with E-state index >= 15 is 0 Å². The van der Waals surface area contributed by atoms with Crippen LogP contribution in [0.3, 0.4) is 0 Å². The molecule has 1 N–H and O–H groups in total. The van der Waals surface area contributed by atoms with Crippen molar-refractivity contribution in [1.82, 2.24) is 0 Å². The molecule has 15 heavy (non-hydrogen) atoms. The maximum Gasteiger partial charge on any atom is 0.117 e. The number of hydrogen-bond donors (Lipinski definition) is 1. The van der Waals surface area contributed by atoms with Crippen LogP contribution in [0.1, 0.15) is 30.5 Å². The number of hydrogen-bond acceptors (Lipinski definition) is 1. The molecule has 1 heteroatoms. The minimum atomic E-state index is -0.536. The predicted molar refractivity (Wildman–Crippen MR) is 63.6 cm³/mol. The van der Waals surface area contributed by atoms with E-state index in [1.807, 2.05) is 19.9 Å². The zero-order valence-electron chi connectivity index (χ0n) is 9.83. The van der Waals surface area contributed by atoms with Crippen LogP contribution in [0.4, 0.5) is 0 Å². The van der Waals surface area contributed by atoms with Gasteiger partial charge in [-0.25, -0.2) is 0 Å². The van der Waals surface area contributed by atoms with E-state index in [9.17, 15) is 5.11 Å². The second-order valence-corrected chi connectivity index (χ2v) is 4.26. The van der Waals surface area contributed by atoms with Crippen LogP contribution in [0.25, 0.3) is 0 Å². The molecule has 0 amide bonds. The van der Waals surface area contributed by atoms with Crippen molar-refractivity contribution in [2.45, 2.75) is 33.8 Å². The monoisotopic (exact) mass is 202 g/mol. The summed E-state index contributed by atoms with van der Waals surface area (Å²) < 4.78 is 0. The molecule has 0 heterocycles. The van der Waals surface area contributed by atoms with E-state index in [0.29, 0.717) is 0 Å². The Hall–Kier alpha value is -1.26. The highest BCUT2D eigenvalue weighted by Crippen LogP contribution is 2.09. The number of rotatable bonds is 1. The molecule has 1 aromatic carbocycles. The quantitative estimate of drug-likeness (QED) is 0.694. The maximum absolute atomic E-state index is 9.54. The standard InChI is InChI=1S/C14H18O/c1-10(2)14(15)8-7-13-6-5-11(3)12(4)9-13/h5-6,9-10,14-15H,1-4H3. The van der Waals surface area contributed by atoms with Crippen molar-refractivity contribution in [2.24, 2.45) is 5.92 Å². The molecule has 0 aliphatic heterocycles. The van der Waals surface area contributed by atoms with E-state index in [1.165, 1.54) is 11.1 Å². The number of aliphatic hydroxyl groups excluding tert-OH is 1. The van der Waals surface area contributed by atoms with Crippen LogP contribution in [0.2, 0.25) is 0 Å². The number of aryl methyl sites for hydroxylation is 2. The average molecular weight is 202 g/mol. The largest absolute Gasteiger partial charge is 0.380 e. The Bertz CT molecular complexity index is 394. The van der Waals surface area contributed by atoms with Crippen molar-refractivity contribution in [3.05, 3.63) is 34.9 Å². The van der Waals surface area contributed by atoms with E-state index in [1.54, 1.807) is 0 Å². The van der Waals surface area contributed by atoms with Crippen molar-refractivity contribution in [2.75, 3.05) is 0 Å². The maximum atomic E-state index is 9.54. The first kappa shape index (κ1) is 11.8. The van der Waals surface area contributed by atoms with Gasteiger partial charge in [0.05, 0.1) is 0 Å². The first-order valence-electron chi connectivity index (χ1n) is 5.27. The second kappa shape index (κ2) is 5.00. The van der Waals surface area contributed by atoms with Crippen LogP contribution in [0.15, 0.2) is 18.2 Å². The van der Waals surface area contributed by atoms with Gasteiger partial charge in [-0.3, -0.25) is 0 Å². The summed E-state index contributed by atoms with van der Waals surface area (Å²) in [5.74, 6) is 6.03. The summed E-state index contributed by atoms with van der Waals surface area (Å²) in [7, 11) is 0. The summed E-state index contributed by atoms with van der Waals surface area (Å²) in [6, 6.07) is 6.10. The van der Waals surface area contributed by atoms with Gasteiger partial charge in [-0.15, -0.1) is 0 Å². The lowest BCUT2D eigenvalue weighted by atomic mass is 10.0. The Balaban J connectivity index is 2.85. The van der Waals surface area contributed by atoms with Gasteiger partial charge in [-0.2, -0.15) is 0 Å². The van der Waals surface area contributed by atoms with Gasteiger partial charge < -0.3 is 5.11 Å². The molecule has 1 unspecified atom stereocenters. The second-order valence-electron chi connectivity index (χ2n) is 4.26. The summed E-state index contributed by atoms with van der Waals surface area (Å²) in [6.45, 7) is 8.06. The van der Waals surface area contributed by atoms with Crippen molar-refractivity contribution >= 4 is 0 Å². The summed E-state index contributed by atoms with van der Waals surface area (Å²) in [4.78, 5) is 0. The Kier molecular flexibility index (Phi) is 3.94. The lowest BCUT2D eigenvalue weighted by molar-refractivity contribution is 0.181. The molecule has 0 fully saturated rings. The zero-order valence-corrected chi connectivity index (χ0v) is 9.83. The molecule has 0 aromatic heterocycles. The van der Waals surface area contributed by atoms with Gasteiger partial charge in [0.2, 0.25) is 0 Å². The lowest BCUT2D eigenvalue weighted by Crippen LogP contribution is -2.11. The van der Waals surface area contributed by atoms with Crippen LogP contribution < -0.4 is 0 Å². The molecule has 0 saturated heterocycles. The summed E-state index contributed by atoms with van der Waals surface area (Å²) >= 11 is 0. The molecule has 0 saturated carbocycles. The Labute approximate surface area is 92.1 Å². The number of aliphatic hydroxyl groups is 1. The molecular formula is C14H18O. The highest BCUT2D eigenvalue weighted by molar-refractivity contribution is 5.40. The van der Waals surface area contributed by atoms with Crippen LogP contribution in [0, 0.1) is 31.6 Å². The molecule has 80 valence electrons. The summed E-state index contributed by atoms with van der Waals surface area (Å²) in [6.07, 6.45) is -0.536. The predicted octanol–water partition coefficient (Wildman–Crippen LogP) is 2.67. The molecule has 0 spiro atoms. The normalized spacial score (nSPS) is 12.1. The molecule has 1 nitrogen and oxygen atoms in total. The van der Waals surface area contributed by atoms with Gasteiger partial charge in [0.15, 0.2) is 0 Å². The van der Waals surface area contributed by atoms with Crippen molar-refractivity contribution < 1.29 is 5.11 Å². The van der Waals surface area contributed by atoms with E-state index in [-0.39, 0.29) is 5.92 Å². The van der Waals surface area contributed by atoms with Gasteiger partial charge in [0.1, 0.15) is 6.10 Å². The highest BCUT2D eigenvalue weighted by atomic mass is 16.3. The van der Waals surface area contributed by atoms with E-state index in [0.717, 1.165) is 5.56 Å². The molecule has 1 aromatic rings. The van der Waals surface area contributed by atoms with Crippen LogP contribution in [-0.2, 0) is 0 Å². The van der Waals surface area contributed by atoms with Gasteiger partial charge in [0, 0.05) is 5.56 Å². The molecule has 0 aliphatic carbocycles. The van der Waals surface area contributed by atoms with Crippen LogP contribution >= 0.6 is 0 Å². The van der Waals surface area contributed by atoms with Gasteiger partial charge in [0.25, 0.3) is 0 Å². The topological polar surface area (TPSA) is 20.2 Å². The smallest absolute Gasteiger partial charge is 0.117 e. The fraction of sp³-hybridized carbons (Fsp3) is 0.429. The first-order chi connectivity index (χ1) is 7.00. The fourth-order valence-electron chi connectivity index (χ4n) is 1.14. The third kappa shape index (κ3) is 3.42. The summed E-state index contributed by atoms with van der Waals surface area (Å²) in [5.41, 5.74) is 3.48.